The van der Waals surface area contributed by atoms with Gasteiger partial charge in [0.1, 0.15) is 24.5 Å². The molecule has 120 valence electrons. The molecule has 0 fully saturated rings. The summed E-state index contributed by atoms with van der Waals surface area (Å²) in [6.07, 6.45) is 4.19. The Morgan fingerprint density at radius 3 is 3.22 bits per heavy atom. The normalized spacial score (nSPS) is 18.0. The highest BCUT2D eigenvalue weighted by molar-refractivity contribution is 5.42. The van der Waals surface area contributed by atoms with E-state index in [0.717, 1.165) is 19.3 Å². The molecular weight excluding hydrogens is 292 g/mol. The van der Waals surface area contributed by atoms with Crippen LogP contribution in [0.25, 0.3) is 0 Å². The molecule has 0 bridgehead atoms. The van der Waals surface area contributed by atoms with E-state index in [1.165, 1.54) is 11.3 Å². The van der Waals surface area contributed by atoms with Crippen LogP contribution >= 0.6 is 0 Å². The van der Waals surface area contributed by atoms with Crippen LogP contribution < -0.4 is 10.1 Å². The number of aromatic nitrogens is 2. The molecule has 6 heteroatoms. The fraction of sp³-hybridized carbons (Fsp3) is 0.412. The Bertz CT molecular complexity index is 692. The molecule has 1 aromatic carbocycles. The molecule has 0 spiro atoms. The third-order valence-corrected chi connectivity index (χ3v) is 4.10. The fourth-order valence-electron chi connectivity index (χ4n) is 2.82. The maximum absolute atomic E-state index is 10.1. The number of nitrogens with one attached hydrogen (secondary N) is 2. The number of benzene rings is 1. The second kappa shape index (κ2) is 7.27. The molecule has 0 amide bonds. The topological polar surface area (TPSA) is 94.0 Å². The van der Waals surface area contributed by atoms with Gasteiger partial charge in [0.25, 0.3) is 0 Å². The summed E-state index contributed by atoms with van der Waals surface area (Å²) in [6.45, 7) is 0.627. The van der Waals surface area contributed by atoms with Gasteiger partial charge in [0, 0.05) is 18.3 Å². The predicted octanol–water partition coefficient (Wildman–Crippen LogP) is 1.17. The lowest BCUT2D eigenvalue weighted by atomic mass is 9.93. The van der Waals surface area contributed by atoms with E-state index in [1.54, 1.807) is 18.2 Å². The molecule has 1 aromatic heterocycles. The van der Waals surface area contributed by atoms with Crippen LogP contribution in [0.15, 0.2) is 30.5 Å². The Kier molecular flexibility index (Phi) is 4.91. The smallest absolute Gasteiger partial charge is 0.137 e. The number of fused-ring (bicyclic) bond motifs is 1. The van der Waals surface area contributed by atoms with Gasteiger partial charge in [0.05, 0.1) is 11.8 Å². The summed E-state index contributed by atoms with van der Waals surface area (Å²) in [7, 11) is 0. The molecule has 3 N–H and O–H groups in total. The van der Waals surface area contributed by atoms with Crippen molar-refractivity contribution >= 4 is 0 Å². The van der Waals surface area contributed by atoms with E-state index in [0.29, 0.717) is 23.9 Å². The number of aryl methyl sites for hydroxylation is 1. The zero-order chi connectivity index (χ0) is 16.1. The van der Waals surface area contributed by atoms with E-state index >= 15 is 0 Å². The molecule has 1 aliphatic carbocycles. The average molecular weight is 312 g/mol. The molecule has 6 nitrogen and oxygen atoms in total. The van der Waals surface area contributed by atoms with Crippen molar-refractivity contribution in [1.29, 1.82) is 5.26 Å². The van der Waals surface area contributed by atoms with Crippen molar-refractivity contribution < 1.29 is 9.84 Å². The first kappa shape index (κ1) is 15.5. The van der Waals surface area contributed by atoms with E-state index in [1.807, 2.05) is 12.3 Å². The molecule has 0 radical (unpaired) electrons. The lowest BCUT2D eigenvalue weighted by molar-refractivity contribution is 0.103. The molecule has 0 saturated heterocycles. The third-order valence-electron chi connectivity index (χ3n) is 4.10. The van der Waals surface area contributed by atoms with Crippen LogP contribution in [0.4, 0.5) is 0 Å². The molecule has 1 heterocycles. The van der Waals surface area contributed by atoms with E-state index < -0.39 is 6.10 Å². The number of aliphatic hydroxyl groups excluding tert-OH is 1. The van der Waals surface area contributed by atoms with Crippen LogP contribution in [0.1, 0.15) is 23.2 Å². The van der Waals surface area contributed by atoms with Gasteiger partial charge in [-0.1, -0.05) is 12.1 Å². The largest absolute Gasteiger partial charge is 0.489 e. The Morgan fingerprint density at radius 1 is 1.48 bits per heavy atom. The summed E-state index contributed by atoms with van der Waals surface area (Å²) in [5, 5.41) is 29.5. The van der Waals surface area contributed by atoms with Gasteiger partial charge in [-0.15, -0.1) is 0 Å². The van der Waals surface area contributed by atoms with Crippen molar-refractivity contribution in [2.45, 2.75) is 31.4 Å². The minimum Gasteiger partial charge on any atom is -0.489 e. The van der Waals surface area contributed by atoms with E-state index in [4.69, 9.17) is 10.00 Å². The number of rotatable bonds is 6. The van der Waals surface area contributed by atoms with Crippen LogP contribution in [0.2, 0.25) is 0 Å². The van der Waals surface area contributed by atoms with Gasteiger partial charge >= 0.3 is 0 Å². The number of aliphatic hydroxyl groups is 1. The minimum absolute atomic E-state index is 0.162. The SMILES string of the molecule is N#Cc1ccccc1OCC(O)CNC1CCc2[nH]ncc2C1. The number of aromatic amines is 1. The molecule has 2 unspecified atom stereocenters. The Labute approximate surface area is 135 Å². The lowest BCUT2D eigenvalue weighted by Gasteiger charge is -2.24. The number of H-pyrrole nitrogens is 1. The summed E-state index contributed by atoms with van der Waals surface area (Å²) in [5.41, 5.74) is 2.95. The average Bonchev–Trinajstić information content (AvgIpc) is 3.06. The van der Waals surface area contributed by atoms with Crippen molar-refractivity contribution in [2.24, 2.45) is 0 Å². The van der Waals surface area contributed by atoms with Crippen molar-refractivity contribution in [2.75, 3.05) is 13.2 Å². The first-order valence-corrected chi connectivity index (χ1v) is 7.80. The summed E-state index contributed by atoms with van der Waals surface area (Å²) in [5.74, 6) is 0.509. The molecular formula is C17H20N4O2. The molecule has 23 heavy (non-hydrogen) atoms. The van der Waals surface area contributed by atoms with Crippen LogP contribution in [-0.4, -0.2) is 40.6 Å². The first-order chi connectivity index (χ1) is 11.3. The zero-order valence-electron chi connectivity index (χ0n) is 12.8. The Balaban J connectivity index is 1.44. The molecule has 3 rings (SSSR count). The number of nitrogens with zero attached hydrogens (tertiary/aromatic N) is 2. The lowest BCUT2D eigenvalue weighted by Crippen LogP contribution is -2.40. The molecule has 2 aromatic rings. The monoisotopic (exact) mass is 312 g/mol. The van der Waals surface area contributed by atoms with Gasteiger partial charge in [-0.2, -0.15) is 10.4 Å². The maximum Gasteiger partial charge on any atom is 0.137 e. The number of nitriles is 1. The van der Waals surface area contributed by atoms with Gasteiger partial charge in [-0.3, -0.25) is 5.10 Å². The first-order valence-electron chi connectivity index (χ1n) is 7.80. The second-order valence-corrected chi connectivity index (χ2v) is 5.79. The highest BCUT2D eigenvalue weighted by atomic mass is 16.5. The van der Waals surface area contributed by atoms with Crippen LogP contribution in [-0.2, 0) is 12.8 Å². The molecule has 2 atom stereocenters. The van der Waals surface area contributed by atoms with Gasteiger partial charge in [0.2, 0.25) is 0 Å². The third kappa shape index (κ3) is 3.89. The highest BCUT2D eigenvalue weighted by Crippen LogP contribution is 2.19. The van der Waals surface area contributed by atoms with Crippen LogP contribution in [0.5, 0.6) is 5.75 Å². The van der Waals surface area contributed by atoms with Crippen LogP contribution in [0.3, 0.4) is 0 Å². The summed E-state index contributed by atoms with van der Waals surface area (Å²) < 4.78 is 5.55. The van der Waals surface area contributed by atoms with Gasteiger partial charge in [0.15, 0.2) is 0 Å². The quantitative estimate of drug-likeness (QED) is 0.744. The van der Waals surface area contributed by atoms with Gasteiger partial charge in [-0.25, -0.2) is 0 Å². The standard InChI is InChI=1S/C17H20N4O2/c18-8-12-3-1-2-4-17(12)23-11-15(22)10-19-14-5-6-16-13(7-14)9-20-21-16/h1-4,9,14-15,19,22H,5-7,10-11H2,(H,20,21). The highest BCUT2D eigenvalue weighted by Gasteiger charge is 2.20. The summed E-state index contributed by atoms with van der Waals surface area (Å²) in [4.78, 5) is 0. The van der Waals surface area contributed by atoms with Crippen molar-refractivity contribution in [3.05, 3.63) is 47.3 Å². The number of para-hydroxylation sites is 1. The summed E-state index contributed by atoms with van der Waals surface area (Å²) in [6, 6.07) is 9.46. The summed E-state index contributed by atoms with van der Waals surface area (Å²) >= 11 is 0. The van der Waals surface area contributed by atoms with E-state index in [-0.39, 0.29) is 6.61 Å². The Morgan fingerprint density at radius 2 is 2.35 bits per heavy atom. The molecule has 0 saturated carbocycles. The van der Waals surface area contributed by atoms with Gasteiger partial charge in [-0.05, 0) is 37.0 Å². The number of hydrogen-bond donors (Lipinski definition) is 3. The fourth-order valence-corrected chi connectivity index (χ4v) is 2.82. The predicted molar refractivity (Wildman–Crippen MR) is 85.1 cm³/mol. The van der Waals surface area contributed by atoms with E-state index in [2.05, 4.69) is 21.6 Å². The molecule has 1 aliphatic rings. The minimum atomic E-state index is -0.618. The maximum atomic E-state index is 10.1. The number of ether oxygens (including phenoxy) is 1. The van der Waals surface area contributed by atoms with Gasteiger partial charge < -0.3 is 15.2 Å². The van der Waals surface area contributed by atoms with Crippen molar-refractivity contribution in [3.8, 4) is 11.8 Å². The number of hydrogen-bond acceptors (Lipinski definition) is 5. The zero-order valence-corrected chi connectivity index (χ0v) is 12.8. The second-order valence-electron chi connectivity index (χ2n) is 5.79. The van der Waals surface area contributed by atoms with Crippen molar-refractivity contribution in [3.63, 3.8) is 0 Å². The van der Waals surface area contributed by atoms with E-state index in [9.17, 15) is 5.11 Å². The van der Waals surface area contributed by atoms with Crippen LogP contribution in [0, 0.1) is 11.3 Å². The molecule has 0 aliphatic heterocycles. The Hall–Kier alpha value is -2.36. The van der Waals surface area contributed by atoms with Crippen molar-refractivity contribution in [1.82, 2.24) is 15.5 Å².